The van der Waals surface area contributed by atoms with E-state index in [-0.39, 0.29) is 90.4 Å². The van der Waals surface area contributed by atoms with Crippen LogP contribution < -0.4 is 0 Å². The van der Waals surface area contributed by atoms with Gasteiger partial charge in [0.05, 0.1) is 43.1 Å². The number of imide groups is 2. The molecule has 7 aliphatic rings. The van der Waals surface area contributed by atoms with E-state index >= 15 is 0 Å². The Morgan fingerprint density at radius 3 is 1.52 bits per heavy atom. The van der Waals surface area contributed by atoms with Gasteiger partial charge >= 0.3 is 0 Å². The molecule has 2 saturated carbocycles. The maximum atomic E-state index is 13.2. The summed E-state index contributed by atoms with van der Waals surface area (Å²) in [5.41, 5.74) is 0. The third kappa shape index (κ3) is 2.77. The Hall–Kier alpha value is -2.32. The van der Waals surface area contributed by atoms with Crippen LogP contribution in [0.15, 0.2) is 24.3 Å². The largest absolute Gasteiger partial charge is 0.377 e. The van der Waals surface area contributed by atoms with Crippen molar-refractivity contribution in [2.24, 2.45) is 47.3 Å². The van der Waals surface area contributed by atoms with Crippen LogP contribution in [0.1, 0.15) is 25.7 Å². The van der Waals surface area contributed by atoms with Crippen LogP contribution in [-0.2, 0) is 23.9 Å². The average Bonchev–Trinajstić information content (AvgIpc) is 3.63. The van der Waals surface area contributed by atoms with Gasteiger partial charge in [-0.3, -0.25) is 33.9 Å². The molecule has 8 nitrogen and oxygen atoms in total. The molecule has 9 atom stereocenters. The van der Waals surface area contributed by atoms with Crippen molar-refractivity contribution in [3.8, 4) is 0 Å². The zero-order chi connectivity index (χ0) is 22.4. The van der Waals surface area contributed by atoms with E-state index in [1.54, 1.807) is 0 Å². The molecule has 0 aromatic heterocycles. The second-order valence-corrected chi connectivity index (χ2v) is 11.0. The van der Waals surface area contributed by atoms with Crippen LogP contribution in [0.2, 0.25) is 0 Å². The van der Waals surface area contributed by atoms with Gasteiger partial charge in [-0.2, -0.15) is 0 Å². The smallest absolute Gasteiger partial charge is 0.234 e. The fourth-order valence-corrected chi connectivity index (χ4v) is 7.84. The molecule has 0 spiro atoms. The van der Waals surface area contributed by atoms with Gasteiger partial charge in [-0.15, -0.1) is 0 Å². The molecule has 3 saturated heterocycles. The predicted molar refractivity (Wildman–Crippen MR) is 115 cm³/mol. The predicted octanol–water partition coefficient (Wildman–Crippen LogP) is 0.997. The van der Waals surface area contributed by atoms with Crippen molar-refractivity contribution in [2.45, 2.75) is 31.8 Å². The highest BCUT2D eigenvalue weighted by molar-refractivity contribution is 6.07. The van der Waals surface area contributed by atoms with Crippen molar-refractivity contribution < 1.29 is 23.9 Å². The van der Waals surface area contributed by atoms with Crippen LogP contribution in [0.3, 0.4) is 0 Å². The normalized spacial score (nSPS) is 44.5. The summed E-state index contributed by atoms with van der Waals surface area (Å²) in [5, 5.41) is 0. The highest BCUT2D eigenvalue weighted by atomic mass is 16.5. The molecule has 174 valence electrons. The first-order chi connectivity index (χ1) is 16.0. The monoisotopic (exact) mass is 451 g/mol. The molecule has 0 aromatic rings. The number of allylic oxidation sites excluding steroid dienone is 4. The van der Waals surface area contributed by atoms with Crippen molar-refractivity contribution in [3.05, 3.63) is 24.3 Å². The number of likely N-dealkylation sites (tertiary alicyclic amines) is 2. The Morgan fingerprint density at radius 2 is 1.15 bits per heavy atom. The van der Waals surface area contributed by atoms with Gasteiger partial charge in [-0.25, -0.2) is 0 Å². The Kier molecular flexibility index (Phi) is 4.32. The van der Waals surface area contributed by atoms with Crippen LogP contribution in [0.25, 0.3) is 0 Å². The molecule has 0 radical (unpaired) electrons. The lowest BCUT2D eigenvalue weighted by Gasteiger charge is -2.32. The van der Waals surface area contributed by atoms with Crippen LogP contribution in [-0.4, -0.2) is 70.9 Å². The number of hydrogen-bond donors (Lipinski definition) is 0. The summed E-state index contributed by atoms with van der Waals surface area (Å²) in [6.45, 7) is 1.41. The molecular weight excluding hydrogens is 422 g/mol. The lowest BCUT2D eigenvalue weighted by Crippen LogP contribution is -2.50. The van der Waals surface area contributed by atoms with Gasteiger partial charge in [-0.05, 0) is 49.4 Å². The molecule has 7 rings (SSSR count). The number of rotatable bonds is 6. The van der Waals surface area contributed by atoms with Gasteiger partial charge < -0.3 is 4.74 Å². The number of carbonyl (C=O) groups is 4. The lowest BCUT2D eigenvalue weighted by atomic mass is 9.85. The molecule has 4 amide bonds. The summed E-state index contributed by atoms with van der Waals surface area (Å²) in [6, 6.07) is 0. The molecular formula is C25H29N3O5. The molecule has 5 fully saturated rings. The van der Waals surface area contributed by atoms with Gasteiger partial charge in [0.2, 0.25) is 23.6 Å². The van der Waals surface area contributed by atoms with Gasteiger partial charge in [0.15, 0.2) is 0 Å². The molecule has 0 N–H and O–H groups in total. The molecule has 4 bridgehead atoms. The molecule has 0 aromatic carbocycles. The standard InChI is InChI=1S/C25H29N3O5/c29-22-18-13-3-4-14(8-13)19(18)23(30)27(22)11-26(10-17-2-1-7-33-17)12-28-24(31)20-15-5-6-16(9-15)21(20)25(28)32/h3-6,13-21H,1-2,7-12H2/t13-,14-,15-,16-,17-,18-,19+,20-,21+/m0/s1. The van der Waals surface area contributed by atoms with Crippen LogP contribution in [0, 0.1) is 47.3 Å². The molecule has 8 heteroatoms. The molecule has 4 aliphatic carbocycles. The number of carbonyl (C=O) groups excluding carboxylic acids is 4. The Bertz CT molecular complexity index is 870. The number of nitrogens with zero attached hydrogens (tertiary/aromatic N) is 3. The number of ether oxygens (including phenoxy) is 1. The lowest BCUT2D eigenvalue weighted by molar-refractivity contribution is -0.147. The second kappa shape index (κ2) is 7.09. The Labute approximate surface area is 192 Å². The van der Waals surface area contributed by atoms with E-state index in [9.17, 15) is 19.2 Å². The first-order valence-electron chi connectivity index (χ1n) is 12.4. The second-order valence-electron chi connectivity index (χ2n) is 11.0. The van der Waals surface area contributed by atoms with Gasteiger partial charge in [-0.1, -0.05) is 24.3 Å². The molecule has 3 heterocycles. The van der Waals surface area contributed by atoms with E-state index in [0.717, 1.165) is 25.7 Å². The Balaban J connectivity index is 1.11. The molecule has 0 unspecified atom stereocenters. The van der Waals surface area contributed by atoms with Crippen LogP contribution >= 0.6 is 0 Å². The maximum Gasteiger partial charge on any atom is 0.234 e. The fourth-order valence-electron chi connectivity index (χ4n) is 7.84. The number of fused-ring (bicyclic) bond motifs is 10. The SMILES string of the molecule is O=C1[C@@H]2[C@H](C(=O)N1CN(C[C@@H]1CCCO1)CN1C(=O)[C@@H]3[C@H](C1=O)[C@H]1C=C[C@H]3C1)[C@H]1C=C[C@H]2C1. The van der Waals surface area contributed by atoms with E-state index < -0.39 is 0 Å². The summed E-state index contributed by atoms with van der Waals surface area (Å²) in [6.07, 6.45) is 12.0. The summed E-state index contributed by atoms with van der Waals surface area (Å²) in [4.78, 5) is 57.6. The summed E-state index contributed by atoms with van der Waals surface area (Å²) in [7, 11) is 0. The van der Waals surface area contributed by atoms with Gasteiger partial charge in [0, 0.05) is 13.2 Å². The summed E-state index contributed by atoms with van der Waals surface area (Å²) >= 11 is 0. The van der Waals surface area contributed by atoms with Crippen LogP contribution in [0.5, 0.6) is 0 Å². The maximum absolute atomic E-state index is 13.2. The van der Waals surface area contributed by atoms with E-state index in [1.807, 2.05) is 4.90 Å². The van der Waals surface area contributed by atoms with Crippen molar-refractivity contribution in [1.29, 1.82) is 0 Å². The van der Waals surface area contributed by atoms with Crippen molar-refractivity contribution >= 4 is 23.6 Å². The minimum absolute atomic E-state index is 0.0136. The quantitative estimate of drug-likeness (QED) is 0.442. The number of amides is 4. The van der Waals surface area contributed by atoms with Crippen molar-refractivity contribution in [1.82, 2.24) is 14.7 Å². The van der Waals surface area contributed by atoms with E-state index in [1.165, 1.54) is 9.80 Å². The first-order valence-corrected chi connectivity index (χ1v) is 12.4. The third-order valence-corrected chi connectivity index (χ3v) is 9.29. The first kappa shape index (κ1) is 20.1. The zero-order valence-electron chi connectivity index (χ0n) is 18.5. The van der Waals surface area contributed by atoms with E-state index in [2.05, 4.69) is 24.3 Å². The number of hydrogen-bond acceptors (Lipinski definition) is 6. The minimum Gasteiger partial charge on any atom is -0.377 e. The summed E-state index contributed by atoms with van der Waals surface area (Å²) in [5.74, 6) is -0.712. The fraction of sp³-hybridized carbons (Fsp3) is 0.680. The highest BCUT2D eigenvalue weighted by Crippen LogP contribution is 2.53. The van der Waals surface area contributed by atoms with Gasteiger partial charge in [0.1, 0.15) is 0 Å². The molecule has 3 aliphatic heterocycles. The van der Waals surface area contributed by atoms with Gasteiger partial charge in [0.25, 0.3) is 0 Å². The van der Waals surface area contributed by atoms with Crippen LogP contribution in [0.4, 0.5) is 0 Å². The zero-order valence-corrected chi connectivity index (χ0v) is 18.5. The van der Waals surface area contributed by atoms with E-state index in [4.69, 9.17) is 4.74 Å². The van der Waals surface area contributed by atoms with Crippen molar-refractivity contribution in [3.63, 3.8) is 0 Å². The minimum atomic E-state index is -0.242. The highest BCUT2D eigenvalue weighted by Gasteiger charge is 2.61. The average molecular weight is 452 g/mol. The Morgan fingerprint density at radius 1 is 0.727 bits per heavy atom. The van der Waals surface area contributed by atoms with E-state index in [0.29, 0.717) is 13.2 Å². The summed E-state index contributed by atoms with van der Waals surface area (Å²) < 4.78 is 5.82. The van der Waals surface area contributed by atoms with Crippen molar-refractivity contribution in [2.75, 3.05) is 26.5 Å². The topological polar surface area (TPSA) is 87.2 Å². The third-order valence-electron chi connectivity index (χ3n) is 9.29. The molecule has 33 heavy (non-hydrogen) atoms.